The molecule has 0 aromatic heterocycles. The first kappa shape index (κ1) is 8.69. The van der Waals surface area contributed by atoms with E-state index in [4.69, 9.17) is 4.74 Å². The molecule has 1 N–H and O–H groups in total. The van der Waals surface area contributed by atoms with Gasteiger partial charge in [0.05, 0.1) is 13.3 Å². The Balaban J connectivity index is 2.24. The molecule has 13 heavy (non-hydrogen) atoms. The van der Waals surface area contributed by atoms with E-state index in [1.165, 1.54) is 4.48 Å². The Labute approximate surface area is 85.8 Å². The third kappa shape index (κ3) is 1.35. The summed E-state index contributed by atoms with van der Waals surface area (Å²) in [6.45, 7) is 2.04. The predicted molar refractivity (Wildman–Crippen MR) is 54.6 cm³/mol. The largest absolute Gasteiger partial charge is 0.495 e. The summed E-state index contributed by atoms with van der Waals surface area (Å²) in [5.41, 5.74) is 4.37. The Bertz CT molecular complexity index is 320. The molecule has 0 aromatic rings. The molecule has 1 unspecified atom stereocenters. The number of hydrazine groups is 1. The van der Waals surface area contributed by atoms with E-state index < -0.39 is 0 Å². The maximum atomic E-state index is 5.13. The van der Waals surface area contributed by atoms with Gasteiger partial charge in [-0.15, -0.1) is 0 Å². The van der Waals surface area contributed by atoms with E-state index in [2.05, 4.69) is 27.4 Å². The zero-order valence-corrected chi connectivity index (χ0v) is 9.13. The van der Waals surface area contributed by atoms with Crippen LogP contribution >= 0.6 is 15.9 Å². The van der Waals surface area contributed by atoms with Crippen LogP contribution in [-0.4, -0.2) is 18.2 Å². The van der Waals surface area contributed by atoms with Crippen molar-refractivity contribution in [2.75, 3.05) is 7.11 Å². The topological polar surface area (TPSA) is 24.5 Å². The number of ether oxygens (including phenoxy) is 1. The van der Waals surface area contributed by atoms with Gasteiger partial charge in [-0.05, 0) is 13.0 Å². The highest BCUT2D eigenvalue weighted by atomic mass is 79.9. The molecular formula is C9H11BrN2O. The minimum atomic E-state index is 0.277. The summed E-state index contributed by atoms with van der Waals surface area (Å²) in [4.78, 5) is 0. The van der Waals surface area contributed by atoms with Gasteiger partial charge in [-0.1, -0.05) is 22.0 Å². The summed E-state index contributed by atoms with van der Waals surface area (Å²) in [6.07, 6.45) is 6.01. The maximum Gasteiger partial charge on any atom is 0.136 e. The van der Waals surface area contributed by atoms with Crippen LogP contribution in [0.15, 0.2) is 34.3 Å². The normalized spacial score (nSPS) is 25.6. The van der Waals surface area contributed by atoms with Crippen LogP contribution in [0.1, 0.15) is 6.92 Å². The van der Waals surface area contributed by atoms with Crippen LogP contribution in [0.2, 0.25) is 0 Å². The molecule has 3 nitrogen and oxygen atoms in total. The van der Waals surface area contributed by atoms with Crippen LogP contribution in [0, 0.1) is 0 Å². The number of nitrogens with one attached hydrogen (secondary N) is 1. The van der Waals surface area contributed by atoms with Crippen LogP contribution < -0.4 is 5.43 Å². The van der Waals surface area contributed by atoms with E-state index >= 15 is 0 Å². The van der Waals surface area contributed by atoms with Crippen molar-refractivity contribution < 1.29 is 4.74 Å². The molecule has 0 saturated heterocycles. The average Bonchev–Trinajstić information content (AvgIpc) is 2.42. The summed E-state index contributed by atoms with van der Waals surface area (Å²) >= 11 is 3.54. The van der Waals surface area contributed by atoms with E-state index in [1.54, 1.807) is 7.11 Å². The van der Waals surface area contributed by atoms with E-state index in [9.17, 15) is 0 Å². The summed E-state index contributed by atoms with van der Waals surface area (Å²) in [5, 5.41) is 2.01. The minimum Gasteiger partial charge on any atom is -0.495 e. The Morgan fingerprint density at radius 3 is 3.08 bits per heavy atom. The fourth-order valence-corrected chi connectivity index (χ4v) is 1.90. The highest BCUT2D eigenvalue weighted by Gasteiger charge is 2.27. The lowest BCUT2D eigenvalue weighted by Crippen LogP contribution is -2.34. The molecular weight excluding hydrogens is 232 g/mol. The monoisotopic (exact) mass is 242 g/mol. The fourth-order valence-electron chi connectivity index (χ4n) is 1.44. The van der Waals surface area contributed by atoms with Crippen LogP contribution in [0.3, 0.4) is 0 Å². The van der Waals surface area contributed by atoms with Crippen molar-refractivity contribution in [2.45, 2.75) is 13.0 Å². The standard InChI is InChI=1S/C9H11BrN2O/c1-6-9(10)8-4-3-7(13-2)5-12(8)11-6/h3-5,8,11H,1-2H3. The molecule has 0 aromatic carbocycles. The smallest absolute Gasteiger partial charge is 0.136 e. The summed E-state index contributed by atoms with van der Waals surface area (Å²) < 4.78 is 6.30. The first-order valence-corrected chi connectivity index (χ1v) is 4.87. The predicted octanol–water partition coefficient (Wildman–Crippen LogP) is 1.86. The van der Waals surface area contributed by atoms with Gasteiger partial charge in [0.1, 0.15) is 11.8 Å². The van der Waals surface area contributed by atoms with E-state index in [-0.39, 0.29) is 6.04 Å². The minimum absolute atomic E-state index is 0.277. The van der Waals surface area contributed by atoms with E-state index in [1.807, 2.05) is 24.2 Å². The zero-order chi connectivity index (χ0) is 9.42. The number of allylic oxidation sites excluding steroid dienone is 2. The molecule has 0 bridgehead atoms. The number of nitrogens with zero attached hydrogens (tertiary/aromatic N) is 1. The highest BCUT2D eigenvalue weighted by molar-refractivity contribution is 9.11. The molecule has 4 heteroatoms. The van der Waals surface area contributed by atoms with Crippen molar-refractivity contribution in [1.82, 2.24) is 10.4 Å². The van der Waals surface area contributed by atoms with Crippen LogP contribution in [-0.2, 0) is 4.74 Å². The lowest BCUT2D eigenvalue weighted by molar-refractivity contribution is 0.254. The van der Waals surface area contributed by atoms with Gasteiger partial charge in [0.25, 0.3) is 0 Å². The van der Waals surface area contributed by atoms with Crippen molar-refractivity contribution in [3.8, 4) is 0 Å². The van der Waals surface area contributed by atoms with Crippen LogP contribution in [0.5, 0.6) is 0 Å². The number of halogens is 1. The molecule has 2 rings (SSSR count). The third-order valence-corrected chi connectivity index (χ3v) is 3.22. The first-order chi connectivity index (χ1) is 6.22. The lowest BCUT2D eigenvalue weighted by atomic mass is 10.2. The van der Waals surface area contributed by atoms with Crippen molar-refractivity contribution in [3.63, 3.8) is 0 Å². The van der Waals surface area contributed by atoms with Gasteiger partial charge in [-0.2, -0.15) is 0 Å². The molecule has 1 atom stereocenters. The molecule has 0 radical (unpaired) electrons. The highest BCUT2D eigenvalue weighted by Crippen LogP contribution is 2.29. The SMILES string of the molecule is COC1=CN2NC(C)=C(Br)C2C=C1. The van der Waals surface area contributed by atoms with E-state index in [0.717, 1.165) is 11.5 Å². The first-order valence-electron chi connectivity index (χ1n) is 4.07. The Morgan fingerprint density at radius 1 is 1.62 bits per heavy atom. The van der Waals surface area contributed by atoms with Crippen LogP contribution in [0.4, 0.5) is 0 Å². The molecule has 0 spiro atoms. The number of methoxy groups -OCH3 is 1. The van der Waals surface area contributed by atoms with Crippen molar-refractivity contribution in [1.29, 1.82) is 0 Å². The Hall–Kier alpha value is -0.900. The van der Waals surface area contributed by atoms with Gasteiger partial charge < -0.3 is 10.2 Å². The molecule has 70 valence electrons. The van der Waals surface area contributed by atoms with E-state index in [0.29, 0.717) is 0 Å². The maximum absolute atomic E-state index is 5.13. The number of rotatable bonds is 1. The number of hydrogen-bond acceptors (Lipinski definition) is 3. The summed E-state index contributed by atoms with van der Waals surface area (Å²) in [5.74, 6) is 0.860. The lowest BCUT2D eigenvalue weighted by Gasteiger charge is -2.25. The van der Waals surface area contributed by atoms with Crippen molar-refractivity contribution in [2.24, 2.45) is 0 Å². The summed E-state index contributed by atoms with van der Waals surface area (Å²) in [7, 11) is 1.67. The molecule has 0 fully saturated rings. The third-order valence-electron chi connectivity index (χ3n) is 2.16. The van der Waals surface area contributed by atoms with Gasteiger partial charge in [0.2, 0.25) is 0 Å². The molecule has 0 amide bonds. The Kier molecular flexibility index (Phi) is 2.07. The average molecular weight is 243 g/mol. The van der Waals surface area contributed by atoms with Gasteiger partial charge in [0.15, 0.2) is 0 Å². The second kappa shape index (κ2) is 3.10. The fraction of sp³-hybridized carbons (Fsp3) is 0.333. The summed E-state index contributed by atoms with van der Waals surface area (Å²) in [6, 6.07) is 0.277. The number of fused-ring (bicyclic) bond motifs is 1. The van der Waals surface area contributed by atoms with Gasteiger partial charge in [0, 0.05) is 10.2 Å². The van der Waals surface area contributed by atoms with Gasteiger partial charge >= 0.3 is 0 Å². The molecule has 0 saturated carbocycles. The molecule has 2 aliphatic rings. The molecule has 2 aliphatic heterocycles. The molecule has 0 aliphatic carbocycles. The van der Waals surface area contributed by atoms with Gasteiger partial charge in [-0.3, -0.25) is 5.01 Å². The van der Waals surface area contributed by atoms with Crippen LogP contribution in [0.25, 0.3) is 0 Å². The quantitative estimate of drug-likeness (QED) is 0.760. The van der Waals surface area contributed by atoms with Crippen molar-refractivity contribution in [3.05, 3.63) is 34.3 Å². The zero-order valence-electron chi connectivity index (χ0n) is 7.54. The van der Waals surface area contributed by atoms with Gasteiger partial charge in [-0.25, -0.2) is 0 Å². The second-order valence-corrected chi connectivity index (χ2v) is 3.89. The second-order valence-electron chi connectivity index (χ2n) is 3.03. The number of hydrogen-bond donors (Lipinski definition) is 1. The van der Waals surface area contributed by atoms with Crippen molar-refractivity contribution >= 4 is 15.9 Å². The Morgan fingerprint density at radius 2 is 2.38 bits per heavy atom. The molecule has 2 heterocycles.